The molecule has 0 amide bonds. The lowest BCUT2D eigenvalue weighted by molar-refractivity contribution is 0.251. The smallest absolute Gasteiger partial charge is 0.243 e. The van der Waals surface area contributed by atoms with Gasteiger partial charge in [0.05, 0.1) is 16.5 Å². The van der Waals surface area contributed by atoms with E-state index in [1.54, 1.807) is 25.2 Å². The van der Waals surface area contributed by atoms with Gasteiger partial charge >= 0.3 is 0 Å². The minimum atomic E-state index is -3.54. The van der Waals surface area contributed by atoms with Gasteiger partial charge in [-0.15, -0.1) is 0 Å². The number of nitrogens with zero attached hydrogens (tertiary/aromatic N) is 2. The third-order valence-electron chi connectivity index (χ3n) is 4.60. The SMILES string of the molecule is CN(C1CC2CCC(C1)N2)S(=O)(=O)c1cccc(C#N)c1. The molecular formula is C15H19N3O2S. The van der Waals surface area contributed by atoms with Crippen LogP contribution in [0.25, 0.3) is 0 Å². The van der Waals surface area contributed by atoms with Gasteiger partial charge in [-0.1, -0.05) is 6.07 Å². The van der Waals surface area contributed by atoms with E-state index in [0.29, 0.717) is 17.6 Å². The van der Waals surface area contributed by atoms with Crippen LogP contribution in [-0.4, -0.2) is 37.9 Å². The molecule has 6 heteroatoms. The zero-order valence-electron chi connectivity index (χ0n) is 12.0. The van der Waals surface area contributed by atoms with Crippen molar-refractivity contribution in [1.29, 1.82) is 5.26 Å². The molecule has 2 heterocycles. The second-order valence-corrected chi connectivity index (χ2v) is 7.92. The Morgan fingerprint density at radius 2 is 1.95 bits per heavy atom. The summed E-state index contributed by atoms with van der Waals surface area (Å²) in [5, 5.41) is 12.4. The van der Waals surface area contributed by atoms with Crippen molar-refractivity contribution in [2.24, 2.45) is 0 Å². The molecule has 1 N–H and O–H groups in total. The predicted molar refractivity (Wildman–Crippen MR) is 79.1 cm³/mol. The van der Waals surface area contributed by atoms with E-state index in [4.69, 9.17) is 5.26 Å². The molecular weight excluding hydrogens is 286 g/mol. The van der Waals surface area contributed by atoms with Gasteiger partial charge in [0, 0.05) is 25.2 Å². The first-order chi connectivity index (χ1) is 10.0. The number of nitriles is 1. The summed E-state index contributed by atoms with van der Waals surface area (Å²) in [5.74, 6) is 0. The normalized spacial score (nSPS) is 28.5. The molecule has 0 aliphatic carbocycles. The van der Waals surface area contributed by atoms with Crippen molar-refractivity contribution in [1.82, 2.24) is 9.62 Å². The summed E-state index contributed by atoms with van der Waals surface area (Å²) in [6.45, 7) is 0. The summed E-state index contributed by atoms with van der Waals surface area (Å²) in [4.78, 5) is 0.204. The van der Waals surface area contributed by atoms with Gasteiger partial charge in [0.25, 0.3) is 0 Å². The summed E-state index contributed by atoms with van der Waals surface area (Å²) in [6.07, 6.45) is 4.01. The van der Waals surface area contributed by atoms with Crippen LogP contribution < -0.4 is 5.32 Å². The molecule has 2 bridgehead atoms. The fourth-order valence-electron chi connectivity index (χ4n) is 3.41. The van der Waals surface area contributed by atoms with Gasteiger partial charge in [-0.2, -0.15) is 9.57 Å². The van der Waals surface area contributed by atoms with E-state index in [2.05, 4.69) is 5.32 Å². The summed E-state index contributed by atoms with van der Waals surface area (Å²) >= 11 is 0. The Kier molecular flexibility index (Phi) is 3.74. The minimum Gasteiger partial charge on any atom is -0.311 e. The van der Waals surface area contributed by atoms with Crippen molar-refractivity contribution < 1.29 is 8.42 Å². The number of hydrogen-bond acceptors (Lipinski definition) is 4. The van der Waals surface area contributed by atoms with Crippen LogP contribution in [0.1, 0.15) is 31.2 Å². The third-order valence-corrected chi connectivity index (χ3v) is 6.51. The van der Waals surface area contributed by atoms with Crippen molar-refractivity contribution in [3.8, 4) is 6.07 Å². The number of hydrogen-bond donors (Lipinski definition) is 1. The summed E-state index contributed by atoms with van der Waals surface area (Å²) < 4.78 is 27.0. The van der Waals surface area contributed by atoms with E-state index in [1.165, 1.54) is 10.4 Å². The van der Waals surface area contributed by atoms with E-state index >= 15 is 0 Å². The van der Waals surface area contributed by atoms with Crippen molar-refractivity contribution in [3.05, 3.63) is 29.8 Å². The third kappa shape index (κ3) is 2.69. The molecule has 1 aromatic rings. The highest BCUT2D eigenvalue weighted by Gasteiger charge is 2.38. The number of nitrogens with one attached hydrogen (secondary N) is 1. The average molecular weight is 305 g/mol. The Labute approximate surface area is 125 Å². The fourth-order valence-corrected chi connectivity index (χ4v) is 4.84. The monoisotopic (exact) mass is 305 g/mol. The average Bonchev–Trinajstić information content (AvgIpc) is 2.84. The Balaban J connectivity index is 1.85. The quantitative estimate of drug-likeness (QED) is 0.917. The molecule has 1 aromatic carbocycles. The largest absolute Gasteiger partial charge is 0.311 e. The van der Waals surface area contributed by atoms with Crippen LogP contribution in [0.2, 0.25) is 0 Å². The molecule has 2 saturated heterocycles. The fraction of sp³-hybridized carbons (Fsp3) is 0.533. The van der Waals surface area contributed by atoms with E-state index in [0.717, 1.165) is 25.7 Å². The molecule has 2 atom stereocenters. The maximum Gasteiger partial charge on any atom is 0.243 e. The van der Waals surface area contributed by atoms with Crippen LogP contribution in [0, 0.1) is 11.3 Å². The van der Waals surface area contributed by atoms with E-state index < -0.39 is 10.0 Å². The van der Waals surface area contributed by atoms with Crippen molar-refractivity contribution in [3.63, 3.8) is 0 Å². The zero-order valence-corrected chi connectivity index (χ0v) is 12.8. The molecule has 2 fully saturated rings. The maximum atomic E-state index is 12.7. The van der Waals surface area contributed by atoms with Crippen LogP contribution in [0.4, 0.5) is 0 Å². The number of benzene rings is 1. The second kappa shape index (κ2) is 5.41. The van der Waals surface area contributed by atoms with Crippen LogP contribution >= 0.6 is 0 Å². The Bertz CT molecular complexity index is 668. The Morgan fingerprint density at radius 3 is 2.57 bits per heavy atom. The van der Waals surface area contributed by atoms with Gasteiger partial charge in [-0.3, -0.25) is 0 Å². The van der Waals surface area contributed by atoms with Crippen molar-refractivity contribution >= 4 is 10.0 Å². The van der Waals surface area contributed by atoms with Gasteiger partial charge in [-0.25, -0.2) is 8.42 Å². The highest BCUT2D eigenvalue weighted by atomic mass is 32.2. The molecule has 2 aliphatic rings. The highest BCUT2D eigenvalue weighted by molar-refractivity contribution is 7.89. The Morgan fingerprint density at radius 1 is 1.29 bits per heavy atom. The molecule has 3 rings (SSSR count). The van der Waals surface area contributed by atoms with E-state index in [1.807, 2.05) is 6.07 Å². The number of piperidine rings is 1. The van der Waals surface area contributed by atoms with Crippen LogP contribution in [-0.2, 0) is 10.0 Å². The van der Waals surface area contributed by atoms with Gasteiger partial charge < -0.3 is 5.32 Å². The summed E-state index contributed by atoms with van der Waals surface area (Å²) in [7, 11) is -1.88. The molecule has 5 nitrogen and oxygen atoms in total. The van der Waals surface area contributed by atoms with Crippen LogP contribution in [0.15, 0.2) is 29.2 Å². The van der Waals surface area contributed by atoms with E-state index in [-0.39, 0.29) is 10.9 Å². The van der Waals surface area contributed by atoms with E-state index in [9.17, 15) is 8.42 Å². The number of sulfonamides is 1. The molecule has 0 radical (unpaired) electrons. The topological polar surface area (TPSA) is 73.2 Å². The minimum absolute atomic E-state index is 0.0412. The van der Waals surface area contributed by atoms with Crippen LogP contribution in [0.3, 0.4) is 0 Å². The molecule has 2 unspecified atom stereocenters. The predicted octanol–water partition coefficient (Wildman–Crippen LogP) is 1.46. The van der Waals surface area contributed by atoms with Gasteiger partial charge in [0.2, 0.25) is 10.0 Å². The van der Waals surface area contributed by atoms with Gasteiger partial charge in [-0.05, 0) is 43.9 Å². The lowest BCUT2D eigenvalue weighted by Crippen LogP contribution is -2.48. The van der Waals surface area contributed by atoms with Crippen molar-refractivity contribution in [2.45, 2.75) is 48.7 Å². The molecule has 0 saturated carbocycles. The van der Waals surface area contributed by atoms with Crippen LogP contribution in [0.5, 0.6) is 0 Å². The molecule has 2 aliphatic heterocycles. The summed E-state index contributed by atoms with van der Waals surface area (Å²) in [5.41, 5.74) is 0.370. The van der Waals surface area contributed by atoms with Crippen molar-refractivity contribution in [2.75, 3.05) is 7.05 Å². The van der Waals surface area contributed by atoms with Gasteiger partial charge in [0.1, 0.15) is 0 Å². The number of rotatable bonds is 3. The highest BCUT2D eigenvalue weighted by Crippen LogP contribution is 2.31. The second-order valence-electron chi connectivity index (χ2n) is 5.92. The number of fused-ring (bicyclic) bond motifs is 2. The Hall–Kier alpha value is -1.42. The first-order valence-electron chi connectivity index (χ1n) is 7.25. The standard InChI is InChI=1S/C15H19N3O2S/c1-18(14-8-12-5-6-13(9-14)17-12)21(19,20)15-4-2-3-11(7-15)10-16/h2-4,7,12-14,17H,5-6,8-9H2,1H3. The first-order valence-corrected chi connectivity index (χ1v) is 8.69. The zero-order chi connectivity index (χ0) is 15.0. The molecule has 0 aromatic heterocycles. The molecule has 21 heavy (non-hydrogen) atoms. The first kappa shape index (κ1) is 14.5. The maximum absolute atomic E-state index is 12.7. The van der Waals surface area contributed by atoms with Gasteiger partial charge in [0.15, 0.2) is 0 Å². The lowest BCUT2D eigenvalue weighted by atomic mass is 10.0. The molecule has 0 spiro atoms. The lowest BCUT2D eigenvalue weighted by Gasteiger charge is -2.34. The molecule has 112 valence electrons. The summed E-state index contributed by atoms with van der Waals surface area (Å²) in [6, 6.07) is 9.15.